The van der Waals surface area contributed by atoms with E-state index in [2.05, 4.69) is 18.2 Å². The molecular formula is C18H20BF3O5P2. The lowest BCUT2D eigenvalue weighted by Gasteiger charge is -2.17. The molecule has 29 heavy (non-hydrogen) atoms. The highest BCUT2D eigenvalue weighted by atomic mass is 31.1. The van der Waals surface area contributed by atoms with Crippen molar-refractivity contribution in [1.29, 1.82) is 0 Å². The largest absolute Gasteiger partial charge is 0.486 e. The van der Waals surface area contributed by atoms with Crippen molar-refractivity contribution in [2.45, 2.75) is 37.6 Å². The summed E-state index contributed by atoms with van der Waals surface area (Å²) in [4.78, 5) is 23.8. The molecule has 1 heterocycles. The summed E-state index contributed by atoms with van der Waals surface area (Å²) in [7, 11) is 5.01. The van der Waals surface area contributed by atoms with Gasteiger partial charge in [-0.25, -0.2) is 0 Å². The molecule has 0 radical (unpaired) electrons. The molecule has 1 aliphatic heterocycles. The van der Waals surface area contributed by atoms with E-state index in [4.69, 9.17) is 14.1 Å². The number of halogens is 3. The number of ketones is 1. The number of benzene rings is 1. The molecule has 1 saturated heterocycles. The number of carbonyl (C=O) groups excluding carboxylic acids is 2. The van der Waals surface area contributed by atoms with Gasteiger partial charge >= 0.3 is 18.5 Å². The molecule has 2 unspecified atom stereocenters. The molecule has 1 saturated carbocycles. The van der Waals surface area contributed by atoms with E-state index in [-0.39, 0.29) is 61.4 Å². The number of ether oxygens (including phenoxy) is 2. The number of Topliss-reactive ketones (excluding diaryl/α,β-unsaturated/α-hetero) is 1. The first kappa shape index (κ1) is 22.3. The average molecular weight is 446 g/mol. The summed E-state index contributed by atoms with van der Waals surface area (Å²) in [5.41, 5.74) is 0.0139. The van der Waals surface area contributed by atoms with Crippen molar-refractivity contribution in [1.82, 2.24) is 0 Å². The van der Waals surface area contributed by atoms with Crippen LogP contribution in [0.1, 0.15) is 24.8 Å². The van der Waals surface area contributed by atoms with Gasteiger partial charge in [-0.1, -0.05) is 12.1 Å². The number of carbonyl (C=O) groups is 2. The molecule has 11 heteroatoms. The molecule has 3 rings (SSSR count). The second-order valence-electron chi connectivity index (χ2n) is 6.93. The lowest BCUT2D eigenvalue weighted by molar-refractivity contribution is -0.142. The fourth-order valence-corrected chi connectivity index (χ4v) is 3.94. The first-order valence-electron chi connectivity index (χ1n) is 9.01. The Balaban J connectivity index is 1.60. The highest BCUT2D eigenvalue weighted by Crippen LogP contribution is 2.43. The average Bonchev–Trinajstić information content (AvgIpc) is 3.13. The maximum absolute atomic E-state index is 12.7. The van der Waals surface area contributed by atoms with Crippen molar-refractivity contribution >= 4 is 36.3 Å². The van der Waals surface area contributed by atoms with Gasteiger partial charge in [0.05, 0.1) is 18.1 Å². The van der Waals surface area contributed by atoms with Gasteiger partial charge in [-0.05, 0) is 23.8 Å². The van der Waals surface area contributed by atoms with Crippen molar-refractivity contribution in [2.75, 3.05) is 6.61 Å². The Hall–Kier alpha value is -1.43. The van der Waals surface area contributed by atoms with Crippen molar-refractivity contribution in [2.24, 2.45) is 5.92 Å². The van der Waals surface area contributed by atoms with Crippen LogP contribution in [0.5, 0.6) is 5.75 Å². The van der Waals surface area contributed by atoms with E-state index in [1.165, 1.54) is 12.1 Å². The Kier molecular flexibility index (Phi) is 7.03. The summed E-state index contributed by atoms with van der Waals surface area (Å²) >= 11 is 0. The number of allylic oxidation sites excluding steroid dienone is 1. The van der Waals surface area contributed by atoms with Crippen LogP contribution in [0.3, 0.4) is 0 Å². The lowest BCUT2D eigenvalue weighted by atomic mass is 9.97. The lowest BCUT2D eigenvalue weighted by Crippen LogP contribution is -2.19. The normalized spacial score (nSPS) is 25.1. The Morgan fingerprint density at radius 1 is 1.34 bits per heavy atom. The molecule has 5 nitrogen and oxygen atoms in total. The first-order valence-corrected chi connectivity index (χ1v) is 10.3. The Morgan fingerprint density at radius 2 is 2.10 bits per heavy atom. The molecule has 2 aliphatic rings. The van der Waals surface area contributed by atoms with Crippen LogP contribution in [0, 0.1) is 5.92 Å². The fraction of sp³-hybridized carbons (Fsp3) is 0.444. The van der Waals surface area contributed by atoms with Crippen LogP contribution >= 0.6 is 18.2 Å². The van der Waals surface area contributed by atoms with Crippen LogP contribution < -0.4 is 4.74 Å². The predicted molar refractivity (Wildman–Crippen MR) is 107 cm³/mol. The van der Waals surface area contributed by atoms with Crippen molar-refractivity contribution in [3.05, 3.63) is 41.5 Å². The Morgan fingerprint density at radius 3 is 2.79 bits per heavy atom. The van der Waals surface area contributed by atoms with E-state index in [1.54, 1.807) is 6.08 Å². The topological polar surface area (TPSA) is 61.8 Å². The quantitative estimate of drug-likeness (QED) is 0.278. The molecule has 0 N–H and O–H groups in total. The number of hydrogen-bond acceptors (Lipinski definition) is 5. The molecule has 0 amide bonds. The van der Waals surface area contributed by atoms with Crippen molar-refractivity contribution in [3.8, 4) is 5.75 Å². The van der Waals surface area contributed by atoms with Gasteiger partial charge in [-0.2, -0.15) is 13.2 Å². The fourth-order valence-electron chi connectivity index (χ4n) is 3.56. The minimum Gasteiger partial charge on any atom is -0.486 e. The standard InChI is InChI=1S/C18H20BF3O5P2/c20-18(21,22)10-2-1-3-12(6-10)25-9-11(23)4-5-13-14-7-17(24)26-15(14)8-16(13)27-19(28)29/h1-3,5-6,14-16H,4,7-9,28-29H2/t14-,15+,16-/m1/s1. The number of alkyl halides is 3. The zero-order valence-electron chi connectivity index (χ0n) is 15.4. The third kappa shape index (κ3) is 5.81. The number of rotatable bonds is 7. The summed E-state index contributed by atoms with van der Waals surface area (Å²) in [6, 6.07) is 4.39. The van der Waals surface area contributed by atoms with Gasteiger partial charge in [-0.15, -0.1) is 18.2 Å². The monoisotopic (exact) mass is 446 g/mol. The summed E-state index contributed by atoms with van der Waals surface area (Å²) in [6.07, 6.45) is -2.61. The van der Waals surface area contributed by atoms with Gasteiger partial charge in [0.1, 0.15) is 18.5 Å². The van der Waals surface area contributed by atoms with E-state index in [0.29, 0.717) is 6.42 Å². The van der Waals surface area contributed by atoms with Gasteiger partial charge in [-0.3, -0.25) is 9.59 Å². The Labute approximate surface area is 171 Å². The first-order chi connectivity index (χ1) is 13.6. The summed E-state index contributed by atoms with van der Waals surface area (Å²) in [5, 5.41) is 0. The summed E-state index contributed by atoms with van der Waals surface area (Å²) in [6.45, 7) is -0.351. The zero-order valence-corrected chi connectivity index (χ0v) is 17.7. The van der Waals surface area contributed by atoms with Gasteiger partial charge in [0.25, 0.3) is 0 Å². The molecule has 5 atom stereocenters. The van der Waals surface area contributed by atoms with Crippen LogP contribution in [0.2, 0.25) is 0 Å². The van der Waals surface area contributed by atoms with E-state index in [0.717, 1.165) is 17.7 Å². The molecule has 156 valence electrons. The summed E-state index contributed by atoms with van der Waals surface area (Å²) in [5.74, 6) is -0.697. The minimum absolute atomic E-state index is 0.0217. The van der Waals surface area contributed by atoms with Crippen molar-refractivity contribution < 1.29 is 36.9 Å². The SMILES string of the molecule is O=C(CC=C1[C@H]2CC(=O)O[C@H]2C[C@H]1OB(P)P)COc1cccc(C(F)(F)F)c1. The van der Waals surface area contributed by atoms with Crippen LogP contribution in [0.25, 0.3) is 0 Å². The number of hydrogen-bond donors (Lipinski definition) is 0. The Bertz CT molecular complexity index is 815. The van der Waals surface area contributed by atoms with E-state index in [9.17, 15) is 22.8 Å². The van der Waals surface area contributed by atoms with E-state index < -0.39 is 11.7 Å². The zero-order chi connectivity index (χ0) is 21.2. The molecular weight excluding hydrogens is 426 g/mol. The molecule has 1 aromatic carbocycles. The highest BCUT2D eigenvalue weighted by Gasteiger charge is 2.47. The van der Waals surface area contributed by atoms with E-state index in [1.807, 2.05) is 0 Å². The second kappa shape index (κ2) is 9.15. The maximum Gasteiger partial charge on any atom is 0.416 e. The maximum atomic E-state index is 12.7. The van der Waals surface area contributed by atoms with Crippen LogP contribution in [0.15, 0.2) is 35.9 Å². The minimum atomic E-state index is -4.48. The summed E-state index contributed by atoms with van der Waals surface area (Å²) < 4.78 is 54.6. The van der Waals surface area contributed by atoms with Gasteiger partial charge in [0.15, 0.2) is 5.78 Å². The molecule has 1 aliphatic carbocycles. The number of fused-ring (bicyclic) bond motifs is 1. The number of esters is 1. The van der Waals surface area contributed by atoms with Crippen LogP contribution in [0.4, 0.5) is 13.2 Å². The second-order valence-corrected chi connectivity index (χ2v) is 9.01. The van der Waals surface area contributed by atoms with Crippen LogP contribution in [-0.4, -0.2) is 36.9 Å². The van der Waals surface area contributed by atoms with Crippen molar-refractivity contribution in [3.63, 3.8) is 0 Å². The van der Waals surface area contributed by atoms with Gasteiger partial charge < -0.3 is 14.1 Å². The van der Waals surface area contributed by atoms with Crippen LogP contribution in [-0.2, 0) is 25.2 Å². The third-order valence-corrected chi connectivity index (χ3v) is 5.13. The molecule has 0 aromatic heterocycles. The molecule has 0 bridgehead atoms. The predicted octanol–water partition coefficient (Wildman–Crippen LogP) is 3.43. The highest BCUT2D eigenvalue weighted by molar-refractivity contribution is 7.92. The smallest absolute Gasteiger partial charge is 0.416 e. The van der Waals surface area contributed by atoms with E-state index >= 15 is 0 Å². The molecule has 0 spiro atoms. The molecule has 1 aromatic rings. The molecule has 2 fully saturated rings. The van der Waals surface area contributed by atoms with Gasteiger partial charge in [0, 0.05) is 18.8 Å². The third-order valence-electron chi connectivity index (χ3n) is 4.81. The van der Waals surface area contributed by atoms with Gasteiger partial charge in [0.2, 0.25) is 0 Å².